The van der Waals surface area contributed by atoms with Crippen molar-refractivity contribution in [3.8, 4) is 0 Å². The van der Waals surface area contributed by atoms with Crippen LogP contribution in [0, 0.1) is 5.41 Å². The molecule has 480 valence electrons. The predicted octanol–water partition coefficient (Wildman–Crippen LogP) is 29.6. The van der Waals surface area contributed by atoms with Gasteiger partial charge < -0.3 is 5.11 Å². The van der Waals surface area contributed by atoms with E-state index >= 15 is 0 Å². The van der Waals surface area contributed by atoms with Crippen molar-refractivity contribution < 1.29 is 9.90 Å². The number of carboxylic acid groups (broad SMARTS) is 1. The molecular weight excluding hydrogens is 969 g/mol. The third kappa shape index (κ3) is 63.5. The summed E-state index contributed by atoms with van der Waals surface area (Å²) >= 11 is 0. The summed E-state index contributed by atoms with van der Waals surface area (Å²) < 4.78 is 0. The van der Waals surface area contributed by atoms with Gasteiger partial charge in [-0.15, -0.1) is 0 Å². The predicted molar refractivity (Wildman–Crippen MR) is 364 cm³/mol. The summed E-state index contributed by atoms with van der Waals surface area (Å²) in [5.74, 6) is -0.470. The smallest absolute Gasteiger partial charge is 0.309 e. The highest BCUT2D eigenvalue weighted by molar-refractivity contribution is 5.74. The Morgan fingerprint density at radius 3 is 0.350 bits per heavy atom. The van der Waals surface area contributed by atoms with E-state index in [-0.39, 0.29) is 0 Å². The molecule has 0 spiro atoms. The molecule has 0 heterocycles. The molecule has 0 aliphatic carbocycles. The molecular formula is C78H156O2. The van der Waals surface area contributed by atoms with Gasteiger partial charge in [0.05, 0.1) is 5.41 Å². The Bertz CT molecular complexity index is 1040. The maximum absolute atomic E-state index is 13.2. The van der Waals surface area contributed by atoms with E-state index in [9.17, 15) is 9.90 Å². The van der Waals surface area contributed by atoms with Crippen molar-refractivity contribution >= 4 is 5.97 Å². The molecule has 0 fully saturated rings. The van der Waals surface area contributed by atoms with Crippen LogP contribution < -0.4 is 0 Å². The van der Waals surface area contributed by atoms with Gasteiger partial charge in [-0.25, -0.2) is 0 Å². The van der Waals surface area contributed by atoms with Crippen LogP contribution in [0.1, 0.15) is 489 Å². The molecule has 0 aliphatic heterocycles. The van der Waals surface area contributed by atoms with E-state index in [0.29, 0.717) is 0 Å². The van der Waals surface area contributed by atoms with Gasteiger partial charge in [-0.05, 0) is 19.3 Å². The van der Waals surface area contributed by atoms with Crippen LogP contribution >= 0.6 is 0 Å². The molecule has 2 nitrogen and oxygen atoms in total. The van der Waals surface area contributed by atoms with Gasteiger partial charge in [0.15, 0.2) is 0 Å². The minimum absolute atomic E-state index is 0.470. The van der Waals surface area contributed by atoms with Crippen molar-refractivity contribution in [1.82, 2.24) is 0 Å². The van der Waals surface area contributed by atoms with Crippen LogP contribution in [-0.4, -0.2) is 11.1 Å². The molecule has 0 aromatic rings. The first-order valence-electron chi connectivity index (χ1n) is 38.9. The van der Waals surface area contributed by atoms with Crippen molar-refractivity contribution in [1.29, 1.82) is 0 Å². The lowest BCUT2D eigenvalue weighted by molar-refractivity contribution is -0.150. The highest BCUT2D eigenvalue weighted by Crippen LogP contribution is 2.38. The number of aliphatic carboxylic acids is 1. The highest BCUT2D eigenvalue weighted by atomic mass is 16.4. The topological polar surface area (TPSA) is 37.3 Å². The molecule has 0 radical (unpaired) electrons. The summed E-state index contributed by atoms with van der Waals surface area (Å²) in [6.45, 7) is 6.93. The van der Waals surface area contributed by atoms with Crippen molar-refractivity contribution in [2.75, 3.05) is 0 Å². The van der Waals surface area contributed by atoms with E-state index in [1.165, 1.54) is 430 Å². The average Bonchev–Trinajstić information content (AvgIpc) is 3.46. The van der Waals surface area contributed by atoms with Crippen molar-refractivity contribution in [2.45, 2.75) is 489 Å². The van der Waals surface area contributed by atoms with Crippen LogP contribution in [0.5, 0.6) is 0 Å². The fourth-order valence-corrected chi connectivity index (χ4v) is 13.6. The fraction of sp³-hybridized carbons (Fsp3) is 0.987. The lowest BCUT2D eigenvalue weighted by Gasteiger charge is -2.30. The number of carboxylic acids is 1. The molecule has 0 aromatic carbocycles. The maximum Gasteiger partial charge on any atom is 0.309 e. The second kappa shape index (κ2) is 71.0. The van der Waals surface area contributed by atoms with Gasteiger partial charge in [0.2, 0.25) is 0 Å². The molecule has 2 heteroatoms. The zero-order valence-corrected chi connectivity index (χ0v) is 56.5. The van der Waals surface area contributed by atoms with Gasteiger partial charge in [0.1, 0.15) is 0 Å². The third-order valence-corrected chi connectivity index (χ3v) is 19.5. The summed E-state index contributed by atoms with van der Waals surface area (Å²) in [7, 11) is 0. The summed E-state index contributed by atoms with van der Waals surface area (Å²) in [4.78, 5) is 13.2. The number of unbranched alkanes of at least 4 members (excludes halogenated alkanes) is 67. The van der Waals surface area contributed by atoms with Crippen molar-refractivity contribution in [3.63, 3.8) is 0 Å². The second-order valence-corrected chi connectivity index (χ2v) is 27.5. The zero-order valence-electron chi connectivity index (χ0n) is 56.5. The average molecular weight is 1130 g/mol. The van der Waals surface area contributed by atoms with E-state index in [2.05, 4.69) is 20.8 Å². The summed E-state index contributed by atoms with van der Waals surface area (Å²) in [5.41, 5.74) is -0.477. The van der Waals surface area contributed by atoms with E-state index in [1.54, 1.807) is 0 Å². The van der Waals surface area contributed by atoms with Gasteiger partial charge in [0.25, 0.3) is 0 Å². The molecule has 0 bridgehead atoms. The third-order valence-electron chi connectivity index (χ3n) is 19.5. The number of carbonyl (C=O) groups is 1. The zero-order chi connectivity index (χ0) is 57.7. The van der Waals surface area contributed by atoms with Gasteiger partial charge in [-0.1, -0.05) is 470 Å². The Hall–Kier alpha value is -0.530. The van der Waals surface area contributed by atoms with Gasteiger partial charge in [-0.2, -0.15) is 0 Å². The Balaban J connectivity index is 4.12. The van der Waals surface area contributed by atoms with Crippen LogP contribution in [-0.2, 0) is 4.79 Å². The lowest BCUT2D eigenvalue weighted by atomic mass is 9.74. The van der Waals surface area contributed by atoms with Gasteiger partial charge in [-0.3, -0.25) is 4.79 Å². The van der Waals surface area contributed by atoms with E-state index in [0.717, 1.165) is 38.5 Å². The van der Waals surface area contributed by atoms with Crippen LogP contribution in [0.3, 0.4) is 0 Å². The van der Waals surface area contributed by atoms with Crippen LogP contribution in [0.25, 0.3) is 0 Å². The number of hydrogen-bond donors (Lipinski definition) is 1. The summed E-state index contributed by atoms with van der Waals surface area (Å²) in [6.07, 6.45) is 101. The SMILES string of the molecule is CCCCCCCCCCCCCCCCCCCCCCCCCCCCCCC(CCCCCCCCCCCCCCCC)(CCCCCCCCCCCCCCCCCCCCCCCCCCCCCC)C(=O)O. The Morgan fingerprint density at radius 2 is 0.263 bits per heavy atom. The molecule has 0 rings (SSSR count). The monoisotopic (exact) mass is 1130 g/mol. The molecule has 0 aliphatic rings. The Morgan fingerprint density at radius 1 is 0.175 bits per heavy atom. The number of hydrogen-bond acceptors (Lipinski definition) is 1. The minimum Gasteiger partial charge on any atom is -0.481 e. The van der Waals surface area contributed by atoms with E-state index in [1.807, 2.05) is 0 Å². The molecule has 0 saturated carbocycles. The van der Waals surface area contributed by atoms with Gasteiger partial charge >= 0.3 is 5.97 Å². The molecule has 80 heavy (non-hydrogen) atoms. The van der Waals surface area contributed by atoms with Crippen LogP contribution in [0.4, 0.5) is 0 Å². The standard InChI is InChI=1S/C78H156O2/c1-4-7-10-13-16-19-22-25-28-30-32-34-36-38-40-42-44-46-48-50-52-54-57-60-63-66-69-72-75-78(77(79)80,74-71-68-65-62-59-56-27-24-21-18-15-12-9-6-3)76-73-70-67-64-61-58-55-53-51-49-47-45-43-41-39-37-35-33-31-29-26-23-20-17-14-11-8-5-2/h4-76H2,1-3H3,(H,79,80). The maximum atomic E-state index is 13.2. The highest BCUT2D eigenvalue weighted by Gasteiger charge is 2.36. The quantitative estimate of drug-likeness (QED) is 0.0616. The second-order valence-electron chi connectivity index (χ2n) is 27.5. The molecule has 1 N–H and O–H groups in total. The first-order chi connectivity index (χ1) is 39.6. The van der Waals surface area contributed by atoms with E-state index in [4.69, 9.17) is 0 Å². The molecule has 0 unspecified atom stereocenters. The first kappa shape index (κ1) is 79.5. The van der Waals surface area contributed by atoms with Crippen molar-refractivity contribution in [3.05, 3.63) is 0 Å². The normalized spacial score (nSPS) is 11.9. The Labute approximate surface area is 508 Å². The molecule has 0 saturated heterocycles. The molecule has 0 amide bonds. The summed E-state index contributed by atoms with van der Waals surface area (Å²) in [6, 6.07) is 0. The largest absolute Gasteiger partial charge is 0.481 e. The summed E-state index contributed by atoms with van der Waals surface area (Å²) in [5, 5.41) is 10.8. The lowest BCUT2D eigenvalue weighted by Crippen LogP contribution is -2.31. The minimum atomic E-state index is -0.477. The van der Waals surface area contributed by atoms with Crippen LogP contribution in [0.15, 0.2) is 0 Å². The molecule has 0 aromatic heterocycles. The van der Waals surface area contributed by atoms with Crippen LogP contribution in [0.2, 0.25) is 0 Å². The fourth-order valence-electron chi connectivity index (χ4n) is 13.6. The van der Waals surface area contributed by atoms with Gasteiger partial charge in [0, 0.05) is 0 Å². The Kier molecular flexibility index (Phi) is 70.5. The molecule has 0 atom stereocenters. The van der Waals surface area contributed by atoms with Crippen molar-refractivity contribution in [2.24, 2.45) is 5.41 Å². The van der Waals surface area contributed by atoms with E-state index < -0.39 is 11.4 Å². The number of rotatable bonds is 74. The first-order valence-corrected chi connectivity index (χ1v) is 38.9.